The summed E-state index contributed by atoms with van der Waals surface area (Å²) in [7, 11) is 0. The van der Waals surface area contributed by atoms with E-state index in [4.69, 9.17) is 35.4 Å². The number of hydrogen-bond acceptors (Lipinski definition) is 4. The minimum absolute atomic E-state index is 0.00158. The number of nitrogens with one attached hydrogen (secondary N) is 2. The van der Waals surface area contributed by atoms with Gasteiger partial charge in [0.05, 0.1) is 16.0 Å². The molecule has 2 rings (SSSR count). The third kappa shape index (κ3) is 4.44. The predicted molar refractivity (Wildman–Crippen MR) is 95.7 cm³/mol. The predicted octanol–water partition coefficient (Wildman–Crippen LogP) is 2.79. The van der Waals surface area contributed by atoms with Crippen molar-refractivity contribution < 1.29 is 14.7 Å². The molecule has 0 spiro atoms. The highest BCUT2D eigenvalue weighted by Crippen LogP contribution is 2.22. The molecule has 0 unspecified atom stereocenters. The van der Waals surface area contributed by atoms with Crippen LogP contribution in [0.1, 0.15) is 26.3 Å². The van der Waals surface area contributed by atoms with Crippen molar-refractivity contribution in [3.05, 3.63) is 63.1 Å². The van der Waals surface area contributed by atoms with Gasteiger partial charge in [-0.3, -0.25) is 10.1 Å². The SMILES string of the molecule is Cc1ccc(C(=O)[O-])cc1NC(=S)NC(=O)c1ccc(Cl)c(Cl)c1. The Kier molecular flexibility index (Phi) is 5.77. The molecule has 0 atom stereocenters. The topological polar surface area (TPSA) is 81.3 Å². The first kappa shape index (κ1) is 18.2. The summed E-state index contributed by atoms with van der Waals surface area (Å²) in [4.78, 5) is 23.0. The molecule has 1 amide bonds. The molecule has 0 saturated heterocycles. The lowest BCUT2D eigenvalue weighted by Gasteiger charge is -2.13. The number of carbonyl (C=O) groups excluding carboxylic acids is 2. The lowest BCUT2D eigenvalue weighted by molar-refractivity contribution is -0.255. The van der Waals surface area contributed by atoms with Crippen molar-refractivity contribution in [1.29, 1.82) is 0 Å². The first-order valence-electron chi connectivity index (χ1n) is 6.67. The molecular formula is C16H11Cl2N2O3S-. The van der Waals surface area contributed by atoms with Gasteiger partial charge in [0.25, 0.3) is 5.91 Å². The van der Waals surface area contributed by atoms with E-state index in [0.29, 0.717) is 10.7 Å². The Bertz CT molecular complexity index is 840. The summed E-state index contributed by atoms with van der Waals surface area (Å²) in [5.41, 5.74) is 1.50. The molecule has 0 aliphatic rings. The van der Waals surface area contributed by atoms with Crippen LogP contribution in [0.25, 0.3) is 0 Å². The van der Waals surface area contributed by atoms with Crippen molar-refractivity contribution in [3.8, 4) is 0 Å². The molecule has 5 nitrogen and oxygen atoms in total. The van der Waals surface area contributed by atoms with E-state index < -0.39 is 11.9 Å². The van der Waals surface area contributed by atoms with Gasteiger partial charge in [-0.2, -0.15) is 0 Å². The van der Waals surface area contributed by atoms with Gasteiger partial charge in [0.2, 0.25) is 0 Å². The van der Waals surface area contributed by atoms with Gasteiger partial charge in [0.1, 0.15) is 0 Å². The molecule has 0 radical (unpaired) electrons. The number of carbonyl (C=O) groups is 2. The van der Waals surface area contributed by atoms with Crippen molar-refractivity contribution in [1.82, 2.24) is 5.32 Å². The summed E-state index contributed by atoms with van der Waals surface area (Å²) >= 11 is 16.7. The number of benzene rings is 2. The Morgan fingerprint density at radius 2 is 1.71 bits per heavy atom. The van der Waals surface area contributed by atoms with E-state index in [2.05, 4.69) is 10.6 Å². The molecule has 0 aliphatic carbocycles. The second-order valence-electron chi connectivity index (χ2n) is 4.85. The molecular weight excluding hydrogens is 371 g/mol. The Balaban J connectivity index is 2.10. The normalized spacial score (nSPS) is 10.1. The number of carboxylic acids is 1. The number of aryl methyl sites for hydroxylation is 1. The zero-order chi connectivity index (χ0) is 17.9. The van der Waals surface area contributed by atoms with E-state index in [1.54, 1.807) is 13.0 Å². The number of anilines is 1. The molecule has 0 bridgehead atoms. The third-order valence-electron chi connectivity index (χ3n) is 3.13. The zero-order valence-electron chi connectivity index (χ0n) is 12.4. The quantitative estimate of drug-likeness (QED) is 0.798. The van der Waals surface area contributed by atoms with Crippen molar-refractivity contribution >= 4 is 58.1 Å². The number of carboxylic acid groups (broad SMARTS) is 1. The molecule has 124 valence electrons. The molecule has 0 aliphatic heterocycles. The minimum Gasteiger partial charge on any atom is -0.545 e. The molecule has 0 heterocycles. The maximum atomic E-state index is 12.1. The van der Waals surface area contributed by atoms with Gasteiger partial charge in [-0.25, -0.2) is 0 Å². The first-order valence-corrected chi connectivity index (χ1v) is 7.83. The molecule has 24 heavy (non-hydrogen) atoms. The van der Waals surface area contributed by atoms with E-state index >= 15 is 0 Å². The fourth-order valence-corrected chi connectivity index (χ4v) is 2.35. The maximum Gasteiger partial charge on any atom is 0.257 e. The van der Waals surface area contributed by atoms with Crippen LogP contribution in [0.3, 0.4) is 0 Å². The fourth-order valence-electron chi connectivity index (χ4n) is 1.85. The van der Waals surface area contributed by atoms with Gasteiger partial charge < -0.3 is 15.2 Å². The number of thiocarbonyl (C=S) groups is 1. The Hall–Kier alpha value is -2.15. The lowest BCUT2D eigenvalue weighted by atomic mass is 10.1. The van der Waals surface area contributed by atoms with Crippen LogP contribution in [-0.4, -0.2) is 17.0 Å². The van der Waals surface area contributed by atoms with E-state index in [1.807, 2.05) is 0 Å². The highest BCUT2D eigenvalue weighted by Gasteiger charge is 2.11. The molecule has 0 fully saturated rings. The maximum absolute atomic E-state index is 12.1. The van der Waals surface area contributed by atoms with Gasteiger partial charge in [-0.15, -0.1) is 0 Å². The van der Waals surface area contributed by atoms with Gasteiger partial charge in [-0.05, 0) is 54.5 Å². The van der Waals surface area contributed by atoms with Crippen LogP contribution in [-0.2, 0) is 0 Å². The first-order chi connectivity index (χ1) is 11.3. The van der Waals surface area contributed by atoms with Crippen LogP contribution in [0, 0.1) is 6.92 Å². The molecule has 0 aromatic heterocycles. The number of amides is 1. The average molecular weight is 382 g/mol. The third-order valence-corrected chi connectivity index (χ3v) is 4.07. The second-order valence-corrected chi connectivity index (χ2v) is 6.08. The number of halogens is 2. The summed E-state index contributed by atoms with van der Waals surface area (Å²) < 4.78 is 0. The standard InChI is InChI=1S/C16H12Cl2N2O3S/c1-8-2-3-10(15(22)23)7-13(8)19-16(24)20-14(21)9-4-5-11(17)12(18)6-9/h2-7H,1H3,(H,22,23)(H2,19,20,21,24)/p-1. The van der Waals surface area contributed by atoms with Crippen LogP contribution in [0.15, 0.2) is 36.4 Å². The average Bonchev–Trinajstić information content (AvgIpc) is 2.51. The van der Waals surface area contributed by atoms with Crippen LogP contribution in [0.2, 0.25) is 10.0 Å². The minimum atomic E-state index is -1.30. The molecule has 2 N–H and O–H groups in total. The largest absolute Gasteiger partial charge is 0.545 e. The fraction of sp³-hybridized carbons (Fsp3) is 0.0625. The van der Waals surface area contributed by atoms with Gasteiger partial charge in [-0.1, -0.05) is 35.3 Å². The Morgan fingerprint density at radius 1 is 1.04 bits per heavy atom. The molecule has 8 heteroatoms. The van der Waals surface area contributed by atoms with Crippen molar-refractivity contribution in [2.24, 2.45) is 0 Å². The number of aromatic carboxylic acids is 1. The van der Waals surface area contributed by atoms with Crippen molar-refractivity contribution in [2.45, 2.75) is 6.92 Å². The highest BCUT2D eigenvalue weighted by molar-refractivity contribution is 7.80. The smallest absolute Gasteiger partial charge is 0.257 e. The van der Waals surface area contributed by atoms with E-state index in [1.165, 1.54) is 30.3 Å². The summed E-state index contributed by atoms with van der Waals surface area (Å²) in [6, 6.07) is 8.84. The van der Waals surface area contributed by atoms with E-state index in [-0.39, 0.29) is 21.3 Å². The van der Waals surface area contributed by atoms with Crippen molar-refractivity contribution in [3.63, 3.8) is 0 Å². The summed E-state index contributed by atoms with van der Waals surface area (Å²) in [5, 5.41) is 16.8. The molecule has 0 saturated carbocycles. The summed E-state index contributed by atoms with van der Waals surface area (Å²) in [6.07, 6.45) is 0. The zero-order valence-corrected chi connectivity index (χ0v) is 14.7. The molecule has 2 aromatic rings. The Labute approximate surface area is 153 Å². The van der Waals surface area contributed by atoms with E-state index in [9.17, 15) is 14.7 Å². The van der Waals surface area contributed by atoms with Crippen molar-refractivity contribution in [2.75, 3.05) is 5.32 Å². The van der Waals surface area contributed by atoms with Gasteiger partial charge in [0.15, 0.2) is 5.11 Å². The summed E-state index contributed by atoms with van der Waals surface area (Å²) in [5.74, 6) is -1.77. The Morgan fingerprint density at radius 3 is 2.33 bits per heavy atom. The van der Waals surface area contributed by atoms with E-state index in [0.717, 1.165) is 5.56 Å². The number of hydrogen-bond donors (Lipinski definition) is 2. The van der Waals surface area contributed by atoms with Crippen LogP contribution in [0.4, 0.5) is 5.69 Å². The molecule has 2 aromatic carbocycles. The highest BCUT2D eigenvalue weighted by atomic mass is 35.5. The van der Waals surface area contributed by atoms with Crippen LogP contribution >= 0.6 is 35.4 Å². The van der Waals surface area contributed by atoms with Gasteiger partial charge >= 0.3 is 0 Å². The van der Waals surface area contributed by atoms with Crippen LogP contribution < -0.4 is 15.7 Å². The lowest BCUT2D eigenvalue weighted by Crippen LogP contribution is -2.34. The monoisotopic (exact) mass is 381 g/mol. The van der Waals surface area contributed by atoms with Gasteiger partial charge in [0, 0.05) is 11.3 Å². The summed E-state index contributed by atoms with van der Waals surface area (Å²) in [6.45, 7) is 1.77. The number of rotatable bonds is 3. The second kappa shape index (κ2) is 7.61. The van der Waals surface area contributed by atoms with Crippen LogP contribution in [0.5, 0.6) is 0 Å².